The SMILES string of the molecule is CC1(C)O[C@@H](c2cccn2-c2ccc([N+](=O)[O-])cc2)Nc2ccccc21. The number of non-ortho nitro benzene ring substituents is 1. The van der Waals surface area contributed by atoms with Gasteiger partial charge in [-0.05, 0) is 44.2 Å². The lowest BCUT2D eigenvalue weighted by Gasteiger charge is -2.39. The highest BCUT2D eigenvalue weighted by molar-refractivity contribution is 5.56. The van der Waals surface area contributed by atoms with Gasteiger partial charge in [-0.15, -0.1) is 0 Å². The van der Waals surface area contributed by atoms with Crippen molar-refractivity contribution < 1.29 is 9.66 Å². The predicted molar refractivity (Wildman–Crippen MR) is 99.3 cm³/mol. The van der Waals surface area contributed by atoms with E-state index in [1.807, 2.05) is 41.1 Å². The van der Waals surface area contributed by atoms with Crippen LogP contribution >= 0.6 is 0 Å². The minimum Gasteiger partial charge on any atom is -0.355 e. The Morgan fingerprint density at radius 2 is 1.81 bits per heavy atom. The molecule has 1 N–H and O–H groups in total. The fraction of sp³-hybridized carbons (Fsp3) is 0.200. The van der Waals surface area contributed by atoms with E-state index >= 15 is 0 Å². The highest BCUT2D eigenvalue weighted by atomic mass is 16.6. The molecule has 0 bridgehead atoms. The molecule has 6 nitrogen and oxygen atoms in total. The summed E-state index contributed by atoms with van der Waals surface area (Å²) in [5.74, 6) is 0. The van der Waals surface area contributed by atoms with E-state index in [0.29, 0.717) is 0 Å². The van der Waals surface area contributed by atoms with E-state index in [-0.39, 0.29) is 11.9 Å². The highest BCUT2D eigenvalue weighted by Gasteiger charge is 2.35. The van der Waals surface area contributed by atoms with Crippen LogP contribution < -0.4 is 5.32 Å². The summed E-state index contributed by atoms with van der Waals surface area (Å²) in [6, 6.07) is 18.5. The van der Waals surface area contributed by atoms with Crippen molar-refractivity contribution in [3.63, 3.8) is 0 Å². The lowest BCUT2D eigenvalue weighted by atomic mass is 9.94. The van der Waals surface area contributed by atoms with Crippen LogP contribution in [0.5, 0.6) is 0 Å². The van der Waals surface area contributed by atoms with E-state index in [4.69, 9.17) is 4.74 Å². The van der Waals surface area contributed by atoms with Gasteiger partial charge in [0, 0.05) is 35.3 Å². The number of benzene rings is 2. The minimum atomic E-state index is -0.433. The number of nitro benzene ring substituents is 1. The third kappa shape index (κ3) is 2.74. The van der Waals surface area contributed by atoms with Crippen molar-refractivity contribution in [2.24, 2.45) is 0 Å². The lowest BCUT2D eigenvalue weighted by Crippen LogP contribution is -2.34. The third-order valence-electron chi connectivity index (χ3n) is 4.66. The first-order valence-corrected chi connectivity index (χ1v) is 8.42. The van der Waals surface area contributed by atoms with Crippen LogP contribution in [0, 0.1) is 10.1 Å². The molecule has 0 aliphatic carbocycles. The van der Waals surface area contributed by atoms with Crippen LogP contribution in [0.2, 0.25) is 0 Å². The Morgan fingerprint density at radius 1 is 1.08 bits per heavy atom. The lowest BCUT2D eigenvalue weighted by molar-refractivity contribution is -0.384. The number of hydrogen-bond acceptors (Lipinski definition) is 4. The van der Waals surface area contributed by atoms with Crippen molar-refractivity contribution >= 4 is 11.4 Å². The maximum Gasteiger partial charge on any atom is 0.269 e. The maximum absolute atomic E-state index is 10.9. The Labute approximate surface area is 151 Å². The van der Waals surface area contributed by atoms with E-state index in [1.165, 1.54) is 12.1 Å². The molecule has 1 aliphatic rings. The van der Waals surface area contributed by atoms with Crippen molar-refractivity contribution in [3.05, 3.63) is 88.2 Å². The summed E-state index contributed by atoms with van der Waals surface area (Å²) < 4.78 is 8.31. The van der Waals surface area contributed by atoms with Gasteiger partial charge >= 0.3 is 0 Å². The van der Waals surface area contributed by atoms with Gasteiger partial charge in [0.25, 0.3) is 5.69 Å². The number of nitro groups is 1. The van der Waals surface area contributed by atoms with Gasteiger partial charge in [0.15, 0.2) is 6.23 Å². The van der Waals surface area contributed by atoms with Crippen molar-refractivity contribution in [1.82, 2.24) is 4.57 Å². The number of nitrogens with zero attached hydrogens (tertiary/aromatic N) is 2. The predicted octanol–water partition coefficient (Wildman–Crippen LogP) is 4.76. The maximum atomic E-state index is 10.9. The summed E-state index contributed by atoms with van der Waals surface area (Å²) in [5, 5.41) is 14.3. The molecule has 2 heterocycles. The Kier molecular flexibility index (Phi) is 3.77. The quantitative estimate of drug-likeness (QED) is 0.547. The summed E-state index contributed by atoms with van der Waals surface area (Å²) in [5.41, 5.74) is 3.58. The summed E-state index contributed by atoms with van der Waals surface area (Å²) in [6.45, 7) is 4.11. The van der Waals surface area contributed by atoms with Crippen molar-refractivity contribution in [1.29, 1.82) is 0 Å². The molecule has 0 unspecified atom stereocenters. The van der Waals surface area contributed by atoms with E-state index in [9.17, 15) is 10.1 Å². The summed E-state index contributed by atoms with van der Waals surface area (Å²) in [4.78, 5) is 10.5. The first-order valence-electron chi connectivity index (χ1n) is 8.42. The summed E-state index contributed by atoms with van der Waals surface area (Å²) >= 11 is 0. The van der Waals surface area contributed by atoms with Gasteiger partial charge in [-0.25, -0.2) is 0 Å². The number of aromatic nitrogens is 1. The Morgan fingerprint density at radius 3 is 2.54 bits per heavy atom. The number of fused-ring (bicyclic) bond motifs is 1. The molecule has 0 fully saturated rings. The molecule has 0 radical (unpaired) electrons. The van der Waals surface area contributed by atoms with Gasteiger partial charge in [-0.3, -0.25) is 10.1 Å². The van der Waals surface area contributed by atoms with Crippen molar-refractivity contribution in [3.8, 4) is 5.69 Å². The zero-order valence-electron chi connectivity index (χ0n) is 14.5. The number of para-hydroxylation sites is 1. The monoisotopic (exact) mass is 349 g/mol. The topological polar surface area (TPSA) is 69.3 Å². The minimum absolute atomic E-state index is 0.0737. The average molecular weight is 349 g/mol. The van der Waals surface area contributed by atoms with Gasteiger partial charge in [-0.2, -0.15) is 0 Å². The van der Waals surface area contributed by atoms with Crippen LogP contribution in [0.15, 0.2) is 66.9 Å². The van der Waals surface area contributed by atoms with Gasteiger partial charge in [0.05, 0.1) is 16.2 Å². The average Bonchev–Trinajstić information content (AvgIpc) is 3.11. The van der Waals surface area contributed by atoms with Crippen LogP contribution in [0.4, 0.5) is 11.4 Å². The van der Waals surface area contributed by atoms with Crippen molar-refractivity contribution in [2.75, 3.05) is 5.32 Å². The van der Waals surface area contributed by atoms with Crippen LogP contribution in [0.25, 0.3) is 5.69 Å². The van der Waals surface area contributed by atoms with Gasteiger partial charge in [0.1, 0.15) is 0 Å². The number of anilines is 1. The normalized spacial score (nSPS) is 18.0. The molecule has 4 rings (SSSR count). The standard InChI is InChI=1S/C20H19N3O3/c1-20(2)16-6-3-4-7-17(16)21-19(26-20)18-8-5-13-22(18)14-9-11-15(12-10-14)23(24)25/h3-13,19,21H,1-2H3/t19-/m0/s1. The van der Waals surface area contributed by atoms with E-state index in [0.717, 1.165) is 22.6 Å². The molecular formula is C20H19N3O3. The van der Waals surface area contributed by atoms with Gasteiger partial charge < -0.3 is 14.6 Å². The molecule has 0 saturated carbocycles. The summed E-state index contributed by atoms with van der Waals surface area (Å²) in [7, 11) is 0. The smallest absolute Gasteiger partial charge is 0.269 e. The Bertz CT molecular complexity index is 960. The van der Waals surface area contributed by atoms with E-state index < -0.39 is 10.5 Å². The molecule has 1 aromatic heterocycles. The number of ether oxygens (including phenoxy) is 1. The number of rotatable bonds is 3. The molecule has 132 valence electrons. The number of nitrogens with one attached hydrogen (secondary N) is 1. The van der Waals surface area contributed by atoms with Crippen LogP contribution in [0.3, 0.4) is 0 Å². The Balaban J connectivity index is 1.71. The molecular weight excluding hydrogens is 330 g/mol. The molecule has 0 amide bonds. The molecule has 6 heteroatoms. The first-order chi connectivity index (χ1) is 12.5. The fourth-order valence-electron chi connectivity index (χ4n) is 3.37. The second-order valence-electron chi connectivity index (χ2n) is 6.77. The van der Waals surface area contributed by atoms with Gasteiger partial charge in [-0.1, -0.05) is 18.2 Å². The molecule has 1 aliphatic heterocycles. The van der Waals surface area contributed by atoms with E-state index in [2.05, 4.69) is 25.2 Å². The molecule has 0 saturated heterocycles. The fourth-order valence-corrected chi connectivity index (χ4v) is 3.37. The van der Waals surface area contributed by atoms with Gasteiger partial charge in [0.2, 0.25) is 0 Å². The third-order valence-corrected chi connectivity index (χ3v) is 4.66. The molecule has 0 spiro atoms. The molecule has 2 aromatic carbocycles. The summed E-state index contributed by atoms with van der Waals surface area (Å²) in [6.07, 6.45) is 1.60. The van der Waals surface area contributed by atoms with Crippen LogP contribution in [-0.2, 0) is 10.3 Å². The second-order valence-corrected chi connectivity index (χ2v) is 6.77. The van der Waals surface area contributed by atoms with Crippen LogP contribution in [0.1, 0.15) is 31.3 Å². The number of hydrogen-bond donors (Lipinski definition) is 1. The molecule has 1 atom stereocenters. The van der Waals surface area contributed by atoms with Crippen LogP contribution in [-0.4, -0.2) is 9.49 Å². The van der Waals surface area contributed by atoms with E-state index in [1.54, 1.807) is 12.1 Å². The zero-order chi connectivity index (χ0) is 18.3. The largest absolute Gasteiger partial charge is 0.355 e. The molecule has 26 heavy (non-hydrogen) atoms. The second kappa shape index (κ2) is 6.00. The first kappa shape index (κ1) is 16.4. The Hall–Kier alpha value is -3.12. The van der Waals surface area contributed by atoms with Crippen molar-refractivity contribution in [2.45, 2.75) is 25.7 Å². The zero-order valence-corrected chi connectivity index (χ0v) is 14.5. The molecule has 3 aromatic rings. The highest BCUT2D eigenvalue weighted by Crippen LogP contribution is 2.41.